The Morgan fingerprint density at radius 1 is 1.29 bits per heavy atom. The predicted octanol–water partition coefficient (Wildman–Crippen LogP) is 1.89. The lowest BCUT2D eigenvalue weighted by Gasteiger charge is -2.07. The Labute approximate surface area is 124 Å². The van der Waals surface area contributed by atoms with E-state index in [1.165, 1.54) is 12.3 Å². The molecule has 1 N–H and O–H groups in total. The number of nitrogens with zero attached hydrogens (tertiary/aromatic N) is 1. The first-order valence-electron chi connectivity index (χ1n) is 5.88. The molecule has 21 heavy (non-hydrogen) atoms. The van der Waals surface area contributed by atoms with Crippen LogP contribution < -0.4 is 10.1 Å². The van der Waals surface area contributed by atoms with Gasteiger partial charge in [-0.1, -0.05) is 22.8 Å². The quantitative estimate of drug-likeness (QED) is 0.819. The molecule has 0 bridgehead atoms. The standard InChI is InChI=1S/C13H11ClN2O5/c14-9-2-1-3-10(6-9)19-8-13(18)20-7-12(17)15-11-4-5-21-16-11/h1-6H,7-8H2,(H,15,16,17). The number of hydrogen-bond acceptors (Lipinski definition) is 6. The number of ether oxygens (including phenoxy) is 2. The monoisotopic (exact) mass is 310 g/mol. The van der Waals surface area contributed by atoms with Crippen molar-refractivity contribution in [2.75, 3.05) is 18.5 Å². The minimum absolute atomic E-state index is 0.242. The van der Waals surface area contributed by atoms with Gasteiger partial charge in [-0.3, -0.25) is 4.79 Å². The van der Waals surface area contributed by atoms with Crippen LogP contribution in [0.1, 0.15) is 0 Å². The molecule has 0 saturated heterocycles. The van der Waals surface area contributed by atoms with E-state index in [0.29, 0.717) is 10.8 Å². The Kier molecular flexibility index (Phi) is 5.16. The van der Waals surface area contributed by atoms with Crippen molar-refractivity contribution in [3.8, 4) is 5.75 Å². The number of halogens is 1. The molecule has 0 aliphatic rings. The Hall–Kier alpha value is -2.54. The van der Waals surface area contributed by atoms with Gasteiger partial charge in [0.1, 0.15) is 12.0 Å². The van der Waals surface area contributed by atoms with Crippen LogP contribution in [-0.4, -0.2) is 30.2 Å². The summed E-state index contributed by atoms with van der Waals surface area (Å²) < 4.78 is 14.4. The third-order valence-corrected chi connectivity index (χ3v) is 2.46. The number of carbonyl (C=O) groups excluding carboxylic acids is 2. The zero-order chi connectivity index (χ0) is 15.1. The van der Waals surface area contributed by atoms with Crippen LogP contribution in [-0.2, 0) is 14.3 Å². The molecule has 1 amide bonds. The van der Waals surface area contributed by atoms with Gasteiger partial charge in [-0.15, -0.1) is 0 Å². The van der Waals surface area contributed by atoms with Gasteiger partial charge in [0.05, 0.1) is 0 Å². The van der Waals surface area contributed by atoms with Gasteiger partial charge in [-0.25, -0.2) is 4.79 Å². The molecule has 0 unspecified atom stereocenters. The lowest BCUT2D eigenvalue weighted by atomic mass is 10.3. The second kappa shape index (κ2) is 7.30. The molecule has 0 aliphatic heterocycles. The maximum atomic E-state index is 11.4. The van der Waals surface area contributed by atoms with Crippen molar-refractivity contribution in [2.45, 2.75) is 0 Å². The molecule has 1 heterocycles. The lowest BCUT2D eigenvalue weighted by molar-refractivity contribution is -0.149. The number of esters is 1. The molecule has 0 saturated carbocycles. The summed E-state index contributed by atoms with van der Waals surface area (Å²) >= 11 is 5.77. The van der Waals surface area contributed by atoms with Crippen molar-refractivity contribution in [1.29, 1.82) is 0 Å². The van der Waals surface area contributed by atoms with Crippen molar-refractivity contribution in [3.05, 3.63) is 41.6 Å². The Morgan fingerprint density at radius 3 is 2.86 bits per heavy atom. The summed E-state index contributed by atoms with van der Waals surface area (Å²) in [5.74, 6) is -0.525. The molecule has 2 aromatic rings. The number of amides is 1. The zero-order valence-corrected chi connectivity index (χ0v) is 11.5. The average molecular weight is 311 g/mol. The normalized spacial score (nSPS) is 9.95. The summed E-state index contributed by atoms with van der Waals surface area (Å²) in [7, 11) is 0. The van der Waals surface area contributed by atoms with Gasteiger partial charge in [-0.05, 0) is 18.2 Å². The largest absolute Gasteiger partial charge is 0.482 e. The Morgan fingerprint density at radius 2 is 2.14 bits per heavy atom. The predicted molar refractivity (Wildman–Crippen MR) is 73.0 cm³/mol. The maximum absolute atomic E-state index is 11.4. The van der Waals surface area contributed by atoms with Gasteiger partial charge < -0.3 is 19.3 Å². The first-order chi connectivity index (χ1) is 10.1. The smallest absolute Gasteiger partial charge is 0.344 e. The molecule has 1 aromatic heterocycles. The molecule has 7 nitrogen and oxygen atoms in total. The van der Waals surface area contributed by atoms with Crippen LogP contribution in [0, 0.1) is 0 Å². The van der Waals surface area contributed by atoms with E-state index in [-0.39, 0.29) is 12.4 Å². The minimum Gasteiger partial charge on any atom is -0.482 e. The first kappa shape index (κ1) is 14.9. The molecule has 0 fully saturated rings. The van der Waals surface area contributed by atoms with E-state index < -0.39 is 18.5 Å². The topological polar surface area (TPSA) is 90.7 Å². The van der Waals surface area contributed by atoms with E-state index in [9.17, 15) is 9.59 Å². The van der Waals surface area contributed by atoms with Crippen LogP contribution in [0.3, 0.4) is 0 Å². The summed E-state index contributed by atoms with van der Waals surface area (Å²) in [6.45, 7) is -0.762. The van der Waals surface area contributed by atoms with Crippen molar-refractivity contribution in [3.63, 3.8) is 0 Å². The van der Waals surface area contributed by atoms with Gasteiger partial charge in [0, 0.05) is 11.1 Å². The highest BCUT2D eigenvalue weighted by Gasteiger charge is 2.09. The third kappa shape index (κ3) is 5.15. The molecule has 2 rings (SSSR count). The van der Waals surface area contributed by atoms with E-state index in [1.807, 2.05) is 0 Å². The van der Waals surface area contributed by atoms with E-state index in [0.717, 1.165) is 0 Å². The van der Waals surface area contributed by atoms with E-state index >= 15 is 0 Å². The minimum atomic E-state index is -0.676. The number of benzene rings is 1. The number of carbonyl (C=O) groups is 2. The number of rotatable bonds is 6. The van der Waals surface area contributed by atoms with Crippen molar-refractivity contribution >= 4 is 29.3 Å². The summed E-state index contributed by atoms with van der Waals surface area (Å²) in [4.78, 5) is 22.8. The lowest BCUT2D eigenvalue weighted by Crippen LogP contribution is -2.23. The Bertz CT molecular complexity index is 615. The van der Waals surface area contributed by atoms with E-state index in [1.54, 1.807) is 24.3 Å². The fourth-order valence-corrected chi connectivity index (χ4v) is 1.52. The average Bonchev–Trinajstić information content (AvgIpc) is 2.96. The molecule has 0 radical (unpaired) electrons. The molecule has 1 aromatic carbocycles. The zero-order valence-electron chi connectivity index (χ0n) is 10.7. The van der Waals surface area contributed by atoms with Crippen molar-refractivity contribution < 1.29 is 23.6 Å². The third-order valence-electron chi connectivity index (χ3n) is 2.22. The van der Waals surface area contributed by atoms with Gasteiger partial charge in [0.2, 0.25) is 0 Å². The highest BCUT2D eigenvalue weighted by molar-refractivity contribution is 6.30. The maximum Gasteiger partial charge on any atom is 0.344 e. The van der Waals surface area contributed by atoms with Crippen LogP contribution >= 0.6 is 11.6 Å². The molecular formula is C13H11ClN2O5. The van der Waals surface area contributed by atoms with Gasteiger partial charge in [0.25, 0.3) is 5.91 Å². The SMILES string of the molecule is O=C(COC(=O)COc1cccc(Cl)c1)Nc1ccon1. The second-order valence-electron chi connectivity index (χ2n) is 3.84. The Balaban J connectivity index is 1.69. The molecule has 0 atom stereocenters. The number of aromatic nitrogens is 1. The highest BCUT2D eigenvalue weighted by Crippen LogP contribution is 2.16. The fourth-order valence-electron chi connectivity index (χ4n) is 1.34. The van der Waals surface area contributed by atoms with Gasteiger partial charge in [0.15, 0.2) is 19.0 Å². The summed E-state index contributed by atoms with van der Waals surface area (Å²) in [5.41, 5.74) is 0. The highest BCUT2D eigenvalue weighted by atomic mass is 35.5. The van der Waals surface area contributed by atoms with Crippen LogP contribution in [0.15, 0.2) is 41.1 Å². The molecule has 0 aliphatic carbocycles. The van der Waals surface area contributed by atoms with Gasteiger partial charge in [-0.2, -0.15) is 0 Å². The van der Waals surface area contributed by atoms with Crippen LogP contribution in [0.25, 0.3) is 0 Å². The number of nitrogens with one attached hydrogen (secondary N) is 1. The van der Waals surface area contributed by atoms with Crippen LogP contribution in [0.2, 0.25) is 5.02 Å². The van der Waals surface area contributed by atoms with Crippen molar-refractivity contribution in [1.82, 2.24) is 5.16 Å². The fraction of sp³-hybridized carbons (Fsp3) is 0.154. The van der Waals surface area contributed by atoms with Gasteiger partial charge >= 0.3 is 5.97 Å². The molecule has 8 heteroatoms. The molecule has 0 spiro atoms. The summed E-state index contributed by atoms with van der Waals surface area (Å²) in [5, 5.41) is 6.36. The number of anilines is 1. The van der Waals surface area contributed by atoms with Crippen LogP contribution in [0.4, 0.5) is 5.82 Å². The second-order valence-corrected chi connectivity index (χ2v) is 4.28. The number of hydrogen-bond donors (Lipinski definition) is 1. The van der Waals surface area contributed by atoms with Crippen molar-refractivity contribution in [2.24, 2.45) is 0 Å². The first-order valence-corrected chi connectivity index (χ1v) is 6.25. The van der Waals surface area contributed by atoms with E-state index in [2.05, 4.69) is 15.0 Å². The molecular weight excluding hydrogens is 300 g/mol. The molecule has 110 valence electrons. The summed E-state index contributed by atoms with van der Waals surface area (Å²) in [6.07, 6.45) is 1.31. The van der Waals surface area contributed by atoms with Crippen LogP contribution in [0.5, 0.6) is 5.75 Å². The van der Waals surface area contributed by atoms with E-state index in [4.69, 9.17) is 21.1 Å². The summed E-state index contributed by atoms with van der Waals surface area (Å²) in [6, 6.07) is 8.04.